The fourth-order valence-electron chi connectivity index (χ4n) is 4.06. The summed E-state index contributed by atoms with van der Waals surface area (Å²) in [6.45, 7) is 1.86. The van der Waals surface area contributed by atoms with Crippen LogP contribution in [-0.4, -0.2) is 46.3 Å². The lowest BCUT2D eigenvalue weighted by Gasteiger charge is -2.37. The summed E-state index contributed by atoms with van der Waals surface area (Å²) in [5, 5.41) is 30.5. The number of hydrogen-bond acceptors (Lipinski definition) is 5. The molecule has 4 rings (SSSR count). The summed E-state index contributed by atoms with van der Waals surface area (Å²) in [4.78, 5) is 0. The molecule has 2 aromatic carbocycles. The number of benzene rings is 2. The van der Waals surface area contributed by atoms with Crippen molar-refractivity contribution in [3.8, 4) is 5.75 Å². The van der Waals surface area contributed by atoms with Crippen LogP contribution in [0.2, 0.25) is 5.02 Å². The Hall–Kier alpha value is -1.63. The smallest absolute Gasteiger partial charge is 0.123 e. The molecule has 0 radical (unpaired) electrons. The first-order valence-electron chi connectivity index (χ1n) is 9.64. The lowest BCUT2D eigenvalue weighted by atomic mass is 9.91. The summed E-state index contributed by atoms with van der Waals surface area (Å²) in [6, 6.07) is 11.7. The maximum Gasteiger partial charge on any atom is 0.123 e. The second-order valence-electron chi connectivity index (χ2n) is 7.76. The average Bonchev–Trinajstić information content (AvgIpc) is 3.05. The van der Waals surface area contributed by atoms with Crippen LogP contribution in [-0.2, 0) is 17.6 Å². The molecule has 2 aliphatic heterocycles. The largest absolute Gasteiger partial charge is 0.490 e. The molecule has 0 bridgehead atoms. The SMILES string of the molecule is CC1Cc2cc(Cc3cc(C4OC(CO)CC(O)C4O)ccc3Cl)ccc2O1. The van der Waals surface area contributed by atoms with E-state index in [1.165, 1.54) is 5.56 Å². The van der Waals surface area contributed by atoms with Crippen molar-refractivity contribution in [3.05, 3.63) is 63.7 Å². The van der Waals surface area contributed by atoms with Gasteiger partial charge in [0.15, 0.2) is 0 Å². The van der Waals surface area contributed by atoms with Crippen LogP contribution in [0.5, 0.6) is 5.75 Å². The Morgan fingerprint density at radius 1 is 1.14 bits per heavy atom. The van der Waals surface area contributed by atoms with Gasteiger partial charge in [-0.1, -0.05) is 35.9 Å². The first kappa shape index (κ1) is 19.7. The van der Waals surface area contributed by atoms with Crippen molar-refractivity contribution in [2.75, 3.05) is 6.61 Å². The summed E-state index contributed by atoms with van der Waals surface area (Å²) in [7, 11) is 0. The molecule has 6 heteroatoms. The van der Waals surface area contributed by atoms with Crippen molar-refractivity contribution < 1.29 is 24.8 Å². The van der Waals surface area contributed by atoms with Crippen LogP contribution >= 0.6 is 11.6 Å². The number of aliphatic hydroxyl groups is 3. The second-order valence-corrected chi connectivity index (χ2v) is 8.16. The zero-order valence-corrected chi connectivity index (χ0v) is 16.5. The standard InChI is InChI=1S/C22H25ClO5/c1-12-6-16-8-13(2-5-20(16)27-12)7-15-9-14(3-4-18(15)23)22-21(26)19(25)10-17(11-24)28-22/h2-5,8-9,12,17,19,21-22,24-26H,6-7,10-11H2,1H3. The van der Waals surface area contributed by atoms with Gasteiger partial charge in [0.1, 0.15) is 24.1 Å². The monoisotopic (exact) mass is 404 g/mol. The van der Waals surface area contributed by atoms with E-state index < -0.39 is 24.4 Å². The van der Waals surface area contributed by atoms with Gasteiger partial charge in [-0.25, -0.2) is 0 Å². The van der Waals surface area contributed by atoms with Crippen LogP contribution in [0, 0.1) is 0 Å². The minimum absolute atomic E-state index is 0.198. The fraction of sp³-hybridized carbons (Fsp3) is 0.455. The van der Waals surface area contributed by atoms with Gasteiger partial charge in [-0.05, 0) is 47.7 Å². The van der Waals surface area contributed by atoms with Gasteiger partial charge in [0.2, 0.25) is 0 Å². The number of rotatable bonds is 4. The van der Waals surface area contributed by atoms with Gasteiger partial charge in [-0.15, -0.1) is 0 Å². The molecule has 2 heterocycles. The van der Waals surface area contributed by atoms with E-state index >= 15 is 0 Å². The van der Waals surface area contributed by atoms with E-state index in [1.54, 1.807) is 12.1 Å². The van der Waals surface area contributed by atoms with Crippen LogP contribution in [0.15, 0.2) is 36.4 Å². The highest BCUT2D eigenvalue weighted by Gasteiger charge is 2.37. The Labute approximate surface area is 169 Å². The summed E-state index contributed by atoms with van der Waals surface area (Å²) in [5.41, 5.74) is 4.00. The Morgan fingerprint density at radius 3 is 2.75 bits per heavy atom. The molecule has 0 aromatic heterocycles. The molecule has 5 atom stereocenters. The summed E-state index contributed by atoms with van der Waals surface area (Å²) >= 11 is 6.43. The number of fused-ring (bicyclic) bond motifs is 1. The molecular formula is C22H25ClO5. The molecule has 5 unspecified atom stereocenters. The molecule has 0 aliphatic carbocycles. The first-order chi connectivity index (χ1) is 13.4. The zero-order chi connectivity index (χ0) is 19.8. The van der Waals surface area contributed by atoms with Crippen LogP contribution < -0.4 is 4.74 Å². The Balaban J connectivity index is 1.58. The van der Waals surface area contributed by atoms with Crippen molar-refractivity contribution in [2.45, 2.75) is 56.7 Å². The lowest BCUT2D eigenvalue weighted by Crippen LogP contribution is -2.44. The van der Waals surface area contributed by atoms with E-state index in [2.05, 4.69) is 13.0 Å². The van der Waals surface area contributed by atoms with E-state index in [0.29, 0.717) is 11.4 Å². The van der Waals surface area contributed by atoms with E-state index in [-0.39, 0.29) is 19.1 Å². The number of halogens is 1. The summed E-state index contributed by atoms with van der Waals surface area (Å²) < 4.78 is 11.6. The molecule has 2 aliphatic rings. The maximum atomic E-state index is 10.4. The second kappa shape index (κ2) is 8.01. The van der Waals surface area contributed by atoms with Crippen molar-refractivity contribution in [3.63, 3.8) is 0 Å². The average molecular weight is 405 g/mol. The van der Waals surface area contributed by atoms with Gasteiger partial charge >= 0.3 is 0 Å². The summed E-state index contributed by atoms with van der Waals surface area (Å²) in [5.74, 6) is 0.943. The molecule has 3 N–H and O–H groups in total. The molecule has 150 valence electrons. The van der Waals surface area contributed by atoms with Gasteiger partial charge in [0.25, 0.3) is 0 Å². The van der Waals surface area contributed by atoms with E-state index in [1.807, 2.05) is 18.2 Å². The van der Waals surface area contributed by atoms with E-state index in [9.17, 15) is 15.3 Å². The van der Waals surface area contributed by atoms with Gasteiger partial charge in [0, 0.05) is 17.9 Å². The number of hydrogen-bond donors (Lipinski definition) is 3. The maximum absolute atomic E-state index is 10.4. The van der Waals surface area contributed by atoms with Gasteiger partial charge in [-0.3, -0.25) is 0 Å². The topological polar surface area (TPSA) is 79.2 Å². The first-order valence-corrected chi connectivity index (χ1v) is 10.0. The van der Waals surface area contributed by atoms with Crippen LogP contribution in [0.25, 0.3) is 0 Å². The Morgan fingerprint density at radius 2 is 1.96 bits per heavy atom. The Kier molecular flexibility index (Phi) is 5.63. The van der Waals surface area contributed by atoms with Gasteiger partial charge in [0.05, 0.1) is 18.8 Å². The molecule has 1 fully saturated rings. The molecule has 2 aromatic rings. The minimum atomic E-state index is -1.05. The molecule has 0 amide bonds. The third-order valence-corrected chi connectivity index (χ3v) is 5.87. The molecule has 28 heavy (non-hydrogen) atoms. The number of aliphatic hydroxyl groups excluding tert-OH is 3. The van der Waals surface area contributed by atoms with Crippen molar-refractivity contribution in [2.24, 2.45) is 0 Å². The molecule has 0 spiro atoms. The van der Waals surface area contributed by atoms with Gasteiger partial charge in [-0.2, -0.15) is 0 Å². The quantitative estimate of drug-likeness (QED) is 0.730. The highest BCUT2D eigenvalue weighted by atomic mass is 35.5. The normalized spacial score (nSPS) is 29.4. The molecule has 1 saturated heterocycles. The van der Waals surface area contributed by atoms with Crippen molar-refractivity contribution >= 4 is 11.6 Å². The zero-order valence-electron chi connectivity index (χ0n) is 15.7. The summed E-state index contributed by atoms with van der Waals surface area (Å²) in [6.07, 6.45) is -1.23. The molecule has 0 saturated carbocycles. The van der Waals surface area contributed by atoms with Crippen molar-refractivity contribution in [1.82, 2.24) is 0 Å². The lowest BCUT2D eigenvalue weighted by molar-refractivity contribution is -0.179. The van der Waals surface area contributed by atoms with Crippen LogP contribution in [0.4, 0.5) is 0 Å². The van der Waals surface area contributed by atoms with Crippen LogP contribution in [0.3, 0.4) is 0 Å². The van der Waals surface area contributed by atoms with Crippen molar-refractivity contribution in [1.29, 1.82) is 0 Å². The molecular weight excluding hydrogens is 380 g/mol. The highest BCUT2D eigenvalue weighted by Crippen LogP contribution is 2.35. The third kappa shape index (κ3) is 3.91. The fourth-order valence-corrected chi connectivity index (χ4v) is 4.24. The van der Waals surface area contributed by atoms with E-state index in [0.717, 1.165) is 28.9 Å². The highest BCUT2D eigenvalue weighted by molar-refractivity contribution is 6.31. The Bertz CT molecular complexity index is 855. The van der Waals surface area contributed by atoms with Crippen LogP contribution in [0.1, 0.15) is 41.7 Å². The minimum Gasteiger partial charge on any atom is -0.490 e. The number of ether oxygens (including phenoxy) is 2. The predicted octanol–water partition coefficient (Wildman–Crippen LogP) is 2.80. The third-order valence-electron chi connectivity index (χ3n) is 5.50. The predicted molar refractivity (Wildman–Crippen MR) is 106 cm³/mol. The van der Waals surface area contributed by atoms with Gasteiger partial charge < -0.3 is 24.8 Å². The van der Waals surface area contributed by atoms with E-state index in [4.69, 9.17) is 21.1 Å². The molecule has 5 nitrogen and oxygen atoms in total.